The summed E-state index contributed by atoms with van der Waals surface area (Å²) in [5.41, 5.74) is 0. The molecule has 0 amide bonds. The number of methoxy groups -OCH3 is 2. The molecule has 12 heteroatoms. The van der Waals surface area contributed by atoms with Crippen LogP contribution in [-0.2, 0) is 26.1 Å². The predicted molar refractivity (Wildman–Crippen MR) is 99.9 cm³/mol. The lowest BCUT2D eigenvalue weighted by Gasteiger charge is -2.22. The summed E-state index contributed by atoms with van der Waals surface area (Å²) in [6.45, 7) is 5.49. The highest BCUT2D eigenvalue weighted by Gasteiger charge is 2.34. The number of nitrogens with zero attached hydrogens (tertiary/aromatic N) is 5. The van der Waals surface area contributed by atoms with Crippen molar-refractivity contribution in [2.75, 3.05) is 18.9 Å². The second-order valence-electron chi connectivity index (χ2n) is 6.10. The van der Waals surface area contributed by atoms with Crippen LogP contribution in [0, 0.1) is 0 Å². The molecule has 0 saturated heterocycles. The van der Waals surface area contributed by atoms with Crippen molar-refractivity contribution in [3.63, 3.8) is 0 Å². The Morgan fingerprint density at radius 3 is 2.33 bits per heavy atom. The standard InChI is InChI=1S/C15H23ClN6O4S/c1-9(2)22-12(8-25-4)19-20-15(22)21-27(23,24)10(3)13(26-5)14-17-6-11(16)7-18-14/h6-7,9-10,13H,8H2,1-5H3,(H,20,21). The van der Waals surface area contributed by atoms with Gasteiger partial charge in [-0.15, -0.1) is 10.2 Å². The van der Waals surface area contributed by atoms with Gasteiger partial charge >= 0.3 is 0 Å². The normalized spacial score (nSPS) is 14.3. The molecule has 2 unspecified atom stereocenters. The summed E-state index contributed by atoms with van der Waals surface area (Å²) in [7, 11) is -0.974. The highest BCUT2D eigenvalue weighted by molar-refractivity contribution is 7.93. The zero-order valence-electron chi connectivity index (χ0n) is 15.7. The summed E-state index contributed by atoms with van der Waals surface area (Å²) in [6, 6.07) is -0.0732. The monoisotopic (exact) mass is 418 g/mol. The Labute approximate surface area is 163 Å². The van der Waals surface area contributed by atoms with E-state index in [1.165, 1.54) is 33.5 Å². The maximum Gasteiger partial charge on any atom is 0.240 e. The summed E-state index contributed by atoms with van der Waals surface area (Å²) in [4.78, 5) is 8.11. The summed E-state index contributed by atoms with van der Waals surface area (Å²) in [5, 5.41) is 7.28. The van der Waals surface area contributed by atoms with E-state index in [0.29, 0.717) is 10.8 Å². The van der Waals surface area contributed by atoms with Gasteiger partial charge in [0.15, 0.2) is 11.6 Å². The lowest BCUT2D eigenvalue weighted by Crippen LogP contribution is -2.33. The molecule has 0 aromatic carbocycles. The molecule has 2 aromatic rings. The molecule has 0 aliphatic carbocycles. The Hall–Kier alpha value is -1.82. The van der Waals surface area contributed by atoms with E-state index in [4.69, 9.17) is 21.1 Å². The minimum absolute atomic E-state index is 0.0732. The number of rotatable bonds is 9. The summed E-state index contributed by atoms with van der Waals surface area (Å²) < 4.78 is 40.4. The van der Waals surface area contributed by atoms with E-state index in [2.05, 4.69) is 24.9 Å². The molecule has 0 aliphatic rings. The Bertz CT molecular complexity index is 856. The number of ether oxygens (including phenoxy) is 2. The average molecular weight is 419 g/mol. The fourth-order valence-corrected chi connectivity index (χ4v) is 3.76. The van der Waals surface area contributed by atoms with E-state index >= 15 is 0 Å². The van der Waals surface area contributed by atoms with Gasteiger partial charge in [-0.2, -0.15) is 0 Å². The van der Waals surface area contributed by atoms with Gasteiger partial charge in [0.25, 0.3) is 0 Å². The van der Waals surface area contributed by atoms with Crippen molar-refractivity contribution in [1.82, 2.24) is 24.7 Å². The molecule has 2 heterocycles. The first-order chi connectivity index (χ1) is 12.7. The molecule has 0 spiro atoms. The van der Waals surface area contributed by atoms with Crippen molar-refractivity contribution in [2.24, 2.45) is 0 Å². The SMILES string of the molecule is COCc1nnc(NS(=O)(=O)C(C)C(OC)c2ncc(Cl)cn2)n1C(C)C. The van der Waals surface area contributed by atoms with E-state index in [9.17, 15) is 8.42 Å². The molecule has 2 atom stereocenters. The number of hydrogen-bond donors (Lipinski definition) is 1. The molecular weight excluding hydrogens is 396 g/mol. The zero-order chi connectivity index (χ0) is 20.2. The van der Waals surface area contributed by atoms with Gasteiger partial charge in [0, 0.05) is 32.7 Å². The molecule has 0 bridgehead atoms. The van der Waals surface area contributed by atoms with Crippen LogP contribution < -0.4 is 4.72 Å². The van der Waals surface area contributed by atoms with Crippen LogP contribution in [0.25, 0.3) is 0 Å². The fraction of sp³-hybridized carbons (Fsp3) is 0.600. The minimum atomic E-state index is -3.89. The van der Waals surface area contributed by atoms with Crippen LogP contribution in [0.15, 0.2) is 12.4 Å². The number of sulfonamides is 1. The van der Waals surface area contributed by atoms with Gasteiger partial charge in [-0.1, -0.05) is 11.6 Å². The van der Waals surface area contributed by atoms with Gasteiger partial charge in [0.2, 0.25) is 16.0 Å². The third-order valence-electron chi connectivity index (χ3n) is 3.85. The molecule has 150 valence electrons. The van der Waals surface area contributed by atoms with Crippen molar-refractivity contribution < 1.29 is 17.9 Å². The predicted octanol–water partition coefficient (Wildman–Crippen LogP) is 1.97. The first kappa shape index (κ1) is 21.5. The lowest BCUT2D eigenvalue weighted by molar-refractivity contribution is 0.0950. The van der Waals surface area contributed by atoms with Crippen molar-refractivity contribution in [1.29, 1.82) is 0 Å². The lowest BCUT2D eigenvalue weighted by atomic mass is 10.2. The van der Waals surface area contributed by atoms with E-state index in [1.807, 2.05) is 13.8 Å². The van der Waals surface area contributed by atoms with Crippen molar-refractivity contribution in [2.45, 2.75) is 44.8 Å². The van der Waals surface area contributed by atoms with E-state index in [1.54, 1.807) is 4.57 Å². The van der Waals surface area contributed by atoms with Gasteiger partial charge in [-0.25, -0.2) is 18.4 Å². The van der Waals surface area contributed by atoms with Crippen LogP contribution in [0.4, 0.5) is 5.95 Å². The van der Waals surface area contributed by atoms with Crippen LogP contribution in [0.5, 0.6) is 0 Å². The molecule has 0 radical (unpaired) electrons. The Balaban J connectivity index is 2.31. The molecule has 1 N–H and O–H groups in total. The molecule has 0 aliphatic heterocycles. The van der Waals surface area contributed by atoms with Crippen LogP contribution >= 0.6 is 11.6 Å². The maximum atomic E-state index is 12.9. The number of halogens is 1. The maximum absolute atomic E-state index is 12.9. The molecule has 27 heavy (non-hydrogen) atoms. The van der Waals surface area contributed by atoms with E-state index in [0.717, 1.165) is 0 Å². The second kappa shape index (κ2) is 8.91. The first-order valence-corrected chi connectivity index (χ1v) is 10.1. The number of anilines is 1. The highest BCUT2D eigenvalue weighted by Crippen LogP contribution is 2.25. The third kappa shape index (κ3) is 4.92. The third-order valence-corrected chi connectivity index (χ3v) is 5.74. The molecule has 0 saturated carbocycles. The van der Waals surface area contributed by atoms with Crippen molar-refractivity contribution >= 4 is 27.6 Å². The molecule has 2 aromatic heterocycles. The fourth-order valence-electron chi connectivity index (χ4n) is 2.52. The number of nitrogens with one attached hydrogen (secondary N) is 1. The van der Waals surface area contributed by atoms with Crippen LogP contribution in [0.1, 0.15) is 44.6 Å². The quantitative estimate of drug-likeness (QED) is 0.655. The molecular formula is C15H23ClN6O4S. The van der Waals surface area contributed by atoms with Crippen LogP contribution in [0.2, 0.25) is 5.02 Å². The van der Waals surface area contributed by atoms with Crippen molar-refractivity contribution in [3.8, 4) is 0 Å². The number of aromatic nitrogens is 5. The first-order valence-electron chi connectivity index (χ1n) is 8.15. The second-order valence-corrected chi connectivity index (χ2v) is 8.58. The Morgan fingerprint density at radius 1 is 1.19 bits per heavy atom. The van der Waals surface area contributed by atoms with Crippen LogP contribution in [-0.4, -0.2) is 52.6 Å². The molecule has 0 fully saturated rings. The van der Waals surface area contributed by atoms with Gasteiger partial charge in [-0.3, -0.25) is 9.29 Å². The largest absolute Gasteiger partial charge is 0.377 e. The zero-order valence-corrected chi connectivity index (χ0v) is 17.3. The van der Waals surface area contributed by atoms with Crippen molar-refractivity contribution in [3.05, 3.63) is 29.1 Å². The van der Waals surface area contributed by atoms with Gasteiger partial charge < -0.3 is 9.47 Å². The van der Waals surface area contributed by atoms with Gasteiger partial charge in [0.05, 0.1) is 5.02 Å². The Morgan fingerprint density at radius 2 is 1.81 bits per heavy atom. The summed E-state index contributed by atoms with van der Waals surface area (Å²) in [5.74, 6) is 0.836. The van der Waals surface area contributed by atoms with Crippen LogP contribution in [0.3, 0.4) is 0 Å². The minimum Gasteiger partial charge on any atom is -0.377 e. The van der Waals surface area contributed by atoms with E-state index < -0.39 is 21.4 Å². The van der Waals surface area contributed by atoms with Gasteiger partial charge in [-0.05, 0) is 20.8 Å². The highest BCUT2D eigenvalue weighted by atomic mass is 35.5. The molecule has 10 nitrogen and oxygen atoms in total. The summed E-state index contributed by atoms with van der Waals surface area (Å²) in [6.07, 6.45) is 1.87. The Kier molecular flexibility index (Phi) is 7.09. The smallest absolute Gasteiger partial charge is 0.240 e. The topological polar surface area (TPSA) is 121 Å². The number of hydrogen-bond acceptors (Lipinski definition) is 8. The van der Waals surface area contributed by atoms with Gasteiger partial charge in [0.1, 0.15) is 18.0 Å². The summed E-state index contributed by atoms with van der Waals surface area (Å²) >= 11 is 5.79. The molecule has 2 rings (SSSR count). The van der Waals surface area contributed by atoms with E-state index in [-0.39, 0.29) is 24.4 Å². The average Bonchev–Trinajstić information content (AvgIpc) is 2.99.